The van der Waals surface area contributed by atoms with Crippen LogP contribution in [0.5, 0.6) is 0 Å². The van der Waals surface area contributed by atoms with Crippen molar-refractivity contribution in [2.75, 3.05) is 0 Å². The summed E-state index contributed by atoms with van der Waals surface area (Å²) in [4.78, 5) is 0. The van der Waals surface area contributed by atoms with Gasteiger partial charge in [0.15, 0.2) is 0 Å². The van der Waals surface area contributed by atoms with E-state index in [1.165, 1.54) is 19.3 Å². The maximum absolute atomic E-state index is 5.96. The predicted octanol–water partition coefficient (Wildman–Crippen LogP) is 4.94. The largest absolute Gasteiger partial charge is 0.498 e. The first kappa shape index (κ1) is 14.3. The van der Waals surface area contributed by atoms with Gasteiger partial charge in [-0.2, -0.15) is 0 Å². The summed E-state index contributed by atoms with van der Waals surface area (Å²) in [6.07, 6.45) is 12.4. The Morgan fingerprint density at radius 2 is 2.06 bits per heavy atom. The lowest BCUT2D eigenvalue weighted by molar-refractivity contribution is 0.0133. The number of hydrogen-bond donors (Lipinski definition) is 0. The van der Waals surface area contributed by atoms with Crippen molar-refractivity contribution in [2.45, 2.75) is 59.0 Å². The molecule has 0 aromatic heterocycles. The summed E-state index contributed by atoms with van der Waals surface area (Å²) in [5.41, 5.74) is 0. The zero-order chi connectivity index (χ0) is 12.7. The Morgan fingerprint density at radius 3 is 2.71 bits per heavy atom. The fourth-order valence-electron chi connectivity index (χ4n) is 2.71. The van der Waals surface area contributed by atoms with E-state index in [9.17, 15) is 0 Å². The minimum absolute atomic E-state index is 0.429. The van der Waals surface area contributed by atoms with Gasteiger partial charge in [0.1, 0.15) is 6.10 Å². The van der Waals surface area contributed by atoms with Crippen molar-refractivity contribution >= 4 is 0 Å². The molecule has 0 spiro atoms. The van der Waals surface area contributed by atoms with E-state index in [0.29, 0.717) is 6.10 Å². The van der Waals surface area contributed by atoms with Crippen LogP contribution < -0.4 is 0 Å². The molecule has 0 radical (unpaired) electrons. The first-order valence-corrected chi connectivity index (χ1v) is 7.06. The second-order valence-electron chi connectivity index (χ2n) is 5.74. The number of allylic oxidation sites excluding steroid dienone is 2. The van der Waals surface area contributed by atoms with E-state index in [2.05, 4.69) is 33.4 Å². The second-order valence-corrected chi connectivity index (χ2v) is 5.74. The molecule has 1 rings (SSSR count). The van der Waals surface area contributed by atoms with Crippen molar-refractivity contribution in [3.8, 4) is 0 Å². The highest BCUT2D eigenvalue weighted by atomic mass is 16.5. The summed E-state index contributed by atoms with van der Waals surface area (Å²) in [6.45, 7) is 10.7. The maximum Gasteiger partial charge on any atom is 0.101 e. The van der Waals surface area contributed by atoms with Gasteiger partial charge in [0.2, 0.25) is 0 Å². The Labute approximate surface area is 107 Å². The lowest BCUT2D eigenvalue weighted by Gasteiger charge is -2.36. The van der Waals surface area contributed by atoms with Crippen LogP contribution in [0.3, 0.4) is 0 Å². The standard InChI is InChI=1S/C16H28O/c1-5-6-7-8-11-17-16-12-14(4)9-10-15(16)13(2)3/h5,8,11,13-16H,1,6-7,9-10,12H2,2-4H3/b11-8-/t14-,15+,16-/m1/s1. The van der Waals surface area contributed by atoms with Gasteiger partial charge >= 0.3 is 0 Å². The van der Waals surface area contributed by atoms with Crippen LogP contribution in [0.15, 0.2) is 25.0 Å². The highest BCUT2D eigenvalue weighted by molar-refractivity contribution is 4.85. The molecule has 0 N–H and O–H groups in total. The summed E-state index contributed by atoms with van der Waals surface area (Å²) in [6, 6.07) is 0. The third-order valence-corrected chi connectivity index (χ3v) is 3.85. The van der Waals surface area contributed by atoms with E-state index < -0.39 is 0 Å². The zero-order valence-electron chi connectivity index (χ0n) is 11.7. The van der Waals surface area contributed by atoms with Gasteiger partial charge in [-0.3, -0.25) is 0 Å². The Balaban J connectivity index is 2.40. The van der Waals surface area contributed by atoms with Crippen molar-refractivity contribution in [3.05, 3.63) is 25.0 Å². The average Bonchev–Trinajstić information content (AvgIpc) is 2.28. The molecule has 1 heteroatoms. The number of ether oxygens (including phenoxy) is 1. The minimum Gasteiger partial charge on any atom is -0.498 e. The van der Waals surface area contributed by atoms with Crippen LogP contribution in [0.4, 0.5) is 0 Å². The van der Waals surface area contributed by atoms with Crippen LogP contribution in [-0.2, 0) is 4.74 Å². The van der Waals surface area contributed by atoms with E-state index in [0.717, 1.165) is 30.6 Å². The molecule has 0 amide bonds. The molecule has 3 atom stereocenters. The Morgan fingerprint density at radius 1 is 1.29 bits per heavy atom. The molecule has 1 aliphatic rings. The summed E-state index contributed by atoms with van der Waals surface area (Å²) in [7, 11) is 0. The number of unbranched alkanes of at least 4 members (excludes halogenated alkanes) is 1. The molecule has 1 saturated carbocycles. The van der Waals surface area contributed by atoms with Gasteiger partial charge in [0.25, 0.3) is 0 Å². The van der Waals surface area contributed by atoms with Crippen molar-refractivity contribution in [2.24, 2.45) is 17.8 Å². The second kappa shape index (κ2) is 7.58. The van der Waals surface area contributed by atoms with Crippen molar-refractivity contribution in [3.63, 3.8) is 0 Å². The van der Waals surface area contributed by atoms with Crippen molar-refractivity contribution < 1.29 is 4.74 Å². The average molecular weight is 236 g/mol. The molecular formula is C16H28O. The van der Waals surface area contributed by atoms with E-state index in [-0.39, 0.29) is 0 Å². The van der Waals surface area contributed by atoms with E-state index in [1.54, 1.807) is 0 Å². The summed E-state index contributed by atoms with van der Waals surface area (Å²) in [5, 5.41) is 0. The first-order valence-electron chi connectivity index (χ1n) is 7.06. The monoisotopic (exact) mass is 236 g/mol. The van der Waals surface area contributed by atoms with Gasteiger partial charge in [0.05, 0.1) is 6.26 Å². The molecular weight excluding hydrogens is 208 g/mol. The van der Waals surface area contributed by atoms with Crippen LogP contribution in [0.1, 0.15) is 52.9 Å². The molecule has 0 bridgehead atoms. The Kier molecular flexibility index (Phi) is 6.39. The summed E-state index contributed by atoms with van der Waals surface area (Å²) >= 11 is 0. The molecule has 0 heterocycles. The first-order chi connectivity index (χ1) is 8.15. The quantitative estimate of drug-likeness (QED) is 0.360. The molecule has 1 fully saturated rings. The topological polar surface area (TPSA) is 9.23 Å². The lowest BCUT2D eigenvalue weighted by atomic mass is 9.75. The molecule has 98 valence electrons. The lowest BCUT2D eigenvalue weighted by Crippen LogP contribution is -2.33. The van der Waals surface area contributed by atoms with Gasteiger partial charge in [0, 0.05) is 0 Å². The van der Waals surface area contributed by atoms with Crippen LogP contribution in [0.25, 0.3) is 0 Å². The fourth-order valence-corrected chi connectivity index (χ4v) is 2.71. The van der Waals surface area contributed by atoms with Gasteiger partial charge < -0.3 is 4.74 Å². The van der Waals surface area contributed by atoms with Crippen LogP contribution in [0.2, 0.25) is 0 Å². The molecule has 0 aromatic carbocycles. The molecule has 17 heavy (non-hydrogen) atoms. The van der Waals surface area contributed by atoms with Gasteiger partial charge in [-0.15, -0.1) is 6.58 Å². The Bertz CT molecular complexity index is 242. The van der Waals surface area contributed by atoms with E-state index in [1.807, 2.05) is 12.3 Å². The zero-order valence-corrected chi connectivity index (χ0v) is 11.7. The molecule has 1 aliphatic carbocycles. The number of hydrogen-bond acceptors (Lipinski definition) is 1. The van der Waals surface area contributed by atoms with Crippen molar-refractivity contribution in [1.82, 2.24) is 0 Å². The molecule has 0 aromatic rings. The smallest absolute Gasteiger partial charge is 0.101 e. The van der Waals surface area contributed by atoms with Crippen LogP contribution in [0, 0.1) is 17.8 Å². The molecule has 0 aliphatic heterocycles. The summed E-state index contributed by atoms with van der Waals surface area (Å²) in [5.74, 6) is 2.28. The minimum atomic E-state index is 0.429. The molecule has 0 saturated heterocycles. The third-order valence-electron chi connectivity index (χ3n) is 3.85. The van der Waals surface area contributed by atoms with Gasteiger partial charge in [-0.25, -0.2) is 0 Å². The maximum atomic E-state index is 5.96. The van der Waals surface area contributed by atoms with Crippen LogP contribution >= 0.6 is 0 Å². The highest BCUT2D eigenvalue weighted by Gasteiger charge is 2.31. The van der Waals surface area contributed by atoms with E-state index >= 15 is 0 Å². The fraction of sp³-hybridized carbons (Fsp3) is 0.750. The van der Waals surface area contributed by atoms with Crippen LogP contribution in [-0.4, -0.2) is 6.10 Å². The SMILES string of the molecule is C=CCC/C=C\O[C@@H]1C[C@H](C)CC[C@H]1C(C)C. The van der Waals surface area contributed by atoms with E-state index in [4.69, 9.17) is 4.74 Å². The highest BCUT2D eigenvalue weighted by Crippen LogP contribution is 2.35. The number of rotatable bonds is 6. The normalized spacial score (nSPS) is 29.8. The third kappa shape index (κ3) is 4.97. The molecule has 1 nitrogen and oxygen atoms in total. The van der Waals surface area contributed by atoms with Gasteiger partial charge in [-0.05, 0) is 49.5 Å². The van der Waals surface area contributed by atoms with Crippen molar-refractivity contribution in [1.29, 1.82) is 0 Å². The predicted molar refractivity (Wildman–Crippen MR) is 74.8 cm³/mol. The summed E-state index contributed by atoms with van der Waals surface area (Å²) < 4.78 is 5.96. The van der Waals surface area contributed by atoms with Gasteiger partial charge in [-0.1, -0.05) is 33.3 Å². The Hall–Kier alpha value is -0.720. The molecule has 0 unspecified atom stereocenters.